The number of rotatable bonds is 7. The van der Waals surface area contributed by atoms with E-state index in [4.69, 9.17) is 0 Å². The van der Waals surface area contributed by atoms with E-state index >= 15 is 0 Å². The summed E-state index contributed by atoms with van der Waals surface area (Å²) in [6, 6.07) is 16.6. The first-order chi connectivity index (χ1) is 14.5. The first kappa shape index (κ1) is 22.0. The van der Waals surface area contributed by atoms with E-state index in [0.29, 0.717) is 18.0 Å². The fourth-order valence-corrected chi connectivity index (χ4v) is 4.00. The Balaban J connectivity index is 1.51. The molecule has 1 aliphatic rings. The molecule has 2 amide bonds. The molecule has 0 aromatic heterocycles. The highest BCUT2D eigenvalue weighted by Crippen LogP contribution is 2.21. The van der Waals surface area contributed by atoms with Crippen LogP contribution in [-0.2, 0) is 11.2 Å². The van der Waals surface area contributed by atoms with Crippen LogP contribution in [0.1, 0.15) is 47.7 Å². The third-order valence-electron chi connectivity index (χ3n) is 6.04. The van der Waals surface area contributed by atoms with E-state index in [1.54, 1.807) is 0 Å². The molecule has 160 valence electrons. The zero-order chi connectivity index (χ0) is 21.5. The predicted octanol–water partition coefficient (Wildman–Crippen LogP) is 4.12. The van der Waals surface area contributed by atoms with Gasteiger partial charge in [-0.2, -0.15) is 0 Å². The normalized spacial score (nSPS) is 14.7. The molecule has 1 saturated heterocycles. The number of hydrogen-bond acceptors (Lipinski definition) is 3. The highest BCUT2D eigenvalue weighted by Gasteiger charge is 2.26. The number of nitrogens with one attached hydrogen (secondary N) is 1. The second-order valence-electron chi connectivity index (χ2n) is 8.17. The highest BCUT2D eigenvalue weighted by atomic mass is 16.2. The van der Waals surface area contributed by atoms with Crippen molar-refractivity contribution in [2.45, 2.75) is 45.6 Å². The van der Waals surface area contributed by atoms with Gasteiger partial charge in [0.15, 0.2) is 0 Å². The van der Waals surface area contributed by atoms with Crippen LogP contribution in [0.2, 0.25) is 0 Å². The van der Waals surface area contributed by atoms with E-state index in [0.717, 1.165) is 50.1 Å². The van der Waals surface area contributed by atoms with Crippen LogP contribution >= 0.6 is 0 Å². The number of carbonyl (C=O) groups excluding carboxylic acids is 2. The Kier molecular flexibility index (Phi) is 7.63. The van der Waals surface area contributed by atoms with E-state index in [9.17, 15) is 9.59 Å². The maximum Gasteiger partial charge on any atom is 0.253 e. The van der Waals surface area contributed by atoms with Gasteiger partial charge in [-0.05, 0) is 62.6 Å². The summed E-state index contributed by atoms with van der Waals surface area (Å²) in [6.07, 6.45) is 3.49. The fraction of sp³-hybridized carbons (Fsp3) is 0.440. The van der Waals surface area contributed by atoms with Crippen molar-refractivity contribution in [3.05, 3.63) is 65.2 Å². The van der Waals surface area contributed by atoms with Crippen LogP contribution in [-0.4, -0.2) is 54.3 Å². The van der Waals surface area contributed by atoms with Crippen molar-refractivity contribution in [3.8, 4) is 0 Å². The predicted molar refractivity (Wildman–Crippen MR) is 122 cm³/mol. The van der Waals surface area contributed by atoms with E-state index < -0.39 is 0 Å². The summed E-state index contributed by atoms with van der Waals surface area (Å²) in [4.78, 5) is 29.0. The fourth-order valence-electron chi connectivity index (χ4n) is 4.00. The monoisotopic (exact) mass is 407 g/mol. The minimum absolute atomic E-state index is 0.0179. The summed E-state index contributed by atoms with van der Waals surface area (Å²) in [5.74, 6) is 0.0625. The lowest BCUT2D eigenvalue weighted by atomic mass is 10.0. The van der Waals surface area contributed by atoms with Gasteiger partial charge in [-0.25, -0.2) is 0 Å². The van der Waals surface area contributed by atoms with Crippen molar-refractivity contribution in [3.63, 3.8) is 0 Å². The largest absolute Gasteiger partial charge is 0.339 e. The summed E-state index contributed by atoms with van der Waals surface area (Å²) in [5, 5.41) is 2.88. The van der Waals surface area contributed by atoms with Gasteiger partial charge in [-0.3, -0.25) is 9.59 Å². The molecule has 30 heavy (non-hydrogen) atoms. The number of likely N-dealkylation sites (N-methyl/N-ethyl adjacent to an activating group) is 1. The molecule has 1 N–H and O–H groups in total. The van der Waals surface area contributed by atoms with Crippen LogP contribution < -0.4 is 5.32 Å². The molecule has 2 aromatic carbocycles. The minimum atomic E-state index is -0.0179. The number of aryl methyl sites for hydroxylation is 1. The lowest BCUT2D eigenvalue weighted by Gasteiger charge is -2.37. The molecule has 0 radical (unpaired) electrons. The Morgan fingerprint density at radius 3 is 2.43 bits per heavy atom. The average molecular weight is 408 g/mol. The number of nitrogens with zero attached hydrogens (tertiary/aromatic N) is 2. The number of anilines is 1. The van der Waals surface area contributed by atoms with Gasteiger partial charge < -0.3 is 15.1 Å². The van der Waals surface area contributed by atoms with Crippen LogP contribution in [0.15, 0.2) is 48.5 Å². The molecule has 0 saturated carbocycles. The molecule has 2 aromatic rings. The lowest BCUT2D eigenvalue weighted by Crippen LogP contribution is -2.46. The van der Waals surface area contributed by atoms with Gasteiger partial charge in [-0.1, -0.05) is 37.3 Å². The lowest BCUT2D eigenvalue weighted by molar-refractivity contribution is -0.115. The second kappa shape index (κ2) is 10.4. The van der Waals surface area contributed by atoms with Gasteiger partial charge in [0, 0.05) is 43.3 Å². The summed E-state index contributed by atoms with van der Waals surface area (Å²) >= 11 is 0. The number of piperidine rings is 1. The number of amides is 2. The maximum atomic E-state index is 13.0. The summed E-state index contributed by atoms with van der Waals surface area (Å²) in [7, 11) is 2.19. The second-order valence-corrected chi connectivity index (χ2v) is 8.17. The van der Waals surface area contributed by atoms with Crippen molar-refractivity contribution < 1.29 is 9.59 Å². The van der Waals surface area contributed by atoms with Gasteiger partial charge in [0.2, 0.25) is 5.91 Å². The Morgan fingerprint density at radius 2 is 1.80 bits per heavy atom. The Bertz CT molecular complexity index is 858. The van der Waals surface area contributed by atoms with E-state index in [1.165, 1.54) is 5.56 Å². The molecular weight excluding hydrogens is 374 g/mol. The van der Waals surface area contributed by atoms with Crippen molar-refractivity contribution in [1.82, 2.24) is 9.80 Å². The topological polar surface area (TPSA) is 52.7 Å². The van der Waals surface area contributed by atoms with Gasteiger partial charge in [0.1, 0.15) is 0 Å². The first-order valence-corrected chi connectivity index (χ1v) is 10.9. The Labute approximate surface area is 180 Å². The standard InChI is InChI=1S/C25H33N3O2/c1-4-24(29)26-23-11-10-21(18-19(23)2)25(30)28-16-13-22(14-17-28)27(3)15-12-20-8-6-5-7-9-20/h5-11,18,22H,4,12-17H2,1-3H3,(H,26,29). The van der Waals surface area contributed by atoms with Crippen LogP contribution in [0.5, 0.6) is 0 Å². The third-order valence-corrected chi connectivity index (χ3v) is 6.04. The van der Waals surface area contributed by atoms with E-state index in [-0.39, 0.29) is 11.8 Å². The molecule has 5 nitrogen and oxygen atoms in total. The zero-order valence-corrected chi connectivity index (χ0v) is 18.4. The quantitative estimate of drug-likeness (QED) is 0.751. The molecule has 1 aliphatic heterocycles. The van der Waals surface area contributed by atoms with Crippen LogP contribution in [0, 0.1) is 6.92 Å². The highest BCUT2D eigenvalue weighted by molar-refractivity contribution is 5.96. The molecule has 0 unspecified atom stereocenters. The van der Waals surface area contributed by atoms with Crippen molar-refractivity contribution in [1.29, 1.82) is 0 Å². The van der Waals surface area contributed by atoms with E-state index in [2.05, 4.69) is 47.6 Å². The van der Waals surface area contributed by atoms with Crippen LogP contribution in [0.4, 0.5) is 5.69 Å². The molecule has 0 aliphatic carbocycles. The van der Waals surface area contributed by atoms with Gasteiger partial charge in [-0.15, -0.1) is 0 Å². The number of likely N-dealkylation sites (tertiary alicyclic amines) is 1. The molecule has 0 bridgehead atoms. The third kappa shape index (κ3) is 5.70. The van der Waals surface area contributed by atoms with Crippen molar-refractivity contribution in [2.24, 2.45) is 0 Å². The Morgan fingerprint density at radius 1 is 1.10 bits per heavy atom. The van der Waals surface area contributed by atoms with Crippen molar-refractivity contribution in [2.75, 3.05) is 32.0 Å². The molecular formula is C25H33N3O2. The zero-order valence-electron chi connectivity index (χ0n) is 18.4. The molecule has 5 heteroatoms. The average Bonchev–Trinajstić information content (AvgIpc) is 2.79. The maximum absolute atomic E-state index is 13.0. The summed E-state index contributed by atoms with van der Waals surface area (Å²) in [5.41, 5.74) is 3.75. The first-order valence-electron chi connectivity index (χ1n) is 10.9. The van der Waals surface area contributed by atoms with Crippen LogP contribution in [0.25, 0.3) is 0 Å². The minimum Gasteiger partial charge on any atom is -0.339 e. The smallest absolute Gasteiger partial charge is 0.253 e. The molecule has 1 heterocycles. The SMILES string of the molecule is CCC(=O)Nc1ccc(C(=O)N2CCC(N(C)CCc3ccccc3)CC2)cc1C. The number of hydrogen-bond donors (Lipinski definition) is 1. The Hall–Kier alpha value is -2.66. The summed E-state index contributed by atoms with van der Waals surface area (Å²) < 4.78 is 0. The van der Waals surface area contributed by atoms with E-state index in [1.807, 2.05) is 36.9 Å². The summed E-state index contributed by atoms with van der Waals surface area (Å²) in [6.45, 7) is 6.35. The molecule has 3 rings (SSSR count). The van der Waals surface area contributed by atoms with Gasteiger partial charge in [0.05, 0.1) is 0 Å². The molecule has 1 fully saturated rings. The number of benzene rings is 2. The van der Waals surface area contributed by atoms with Gasteiger partial charge in [0.25, 0.3) is 5.91 Å². The van der Waals surface area contributed by atoms with Gasteiger partial charge >= 0.3 is 0 Å². The number of carbonyl (C=O) groups is 2. The molecule has 0 spiro atoms. The van der Waals surface area contributed by atoms with Crippen molar-refractivity contribution >= 4 is 17.5 Å². The van der Waals surface area contributed by atoms with Crippen LogP contribution in [0.3, 0.4) is 0 Å². The molecule has 0 atom stereocenters.